The second-order valence-corrected chi connectivity index (χ2v) is 7.86. The number of hydrogen-bond donors (Lipinski definition) is 7. The maximum absolute atomic E-state index is 12.8. The summed E-state index contributed by atoms with van der Waals surface area (Å²) in [6.45, 7) is 0.186. The highest BCUT2D eigenvalue weighted by Crippen LogP contribution is 2.19. The fourth-order valence-electron chi connectivity index (χ4n) is 3.41. The SMILES string of the molecule is NC(=O)CCC(N)C(=O)N1CCCC1C(=O)NC(CC(=O)O)C(=O)NC(CCC(N)=O)C(=O)O. The van der Waals surface area contributed by atoms with Crippen molar-refractivity contribution in [1.82, 2.24) is 15.5 Å². The van der Waals surface area contributed by atoms with Gasteiger partial charge < -0.3 is 42.9 Å². The first-order valence-corrected chi connectivity index (χ1v) is 10.5. The third-order valence-electron chi connectivity index (χ3n) is 5.16. The van der Waals surface area contributed by atoms with E-state index >= 15 is 0 Å². The molecule has 15 nitrogen and oxygen atoms in total. The first-order valence-electron chi connectivity index (χ1n) is 10.5. The lowest BCUT2D eigenvalue weighted by Gasteiger charge is -2.28. The van der Waals surface area contributed by atoms with Crippen LogP contribution in [0.15, 0.2) is 0 Å². The lowest BCUT2D eigenvalue weighted by atomic mass is 10.1. The number of amides is 5. The molecule has 4 atom stereocenters. The molecule has 1 rings (SSSR count). The van der Waals surface area contributed by atoms with Crippen molar-refractivity contribution in [3.8, 4) is 0 Å². The van der Waals surface area contributed by atoms with E-state index in [1.54, 1.807) is 0 Å². The van der Waals surface area contributed by atoms with E-state index in [-0.39, 0.29) is 38.6 Å². The molecular formula is C19H30N6O9. The molecule has 5 amide bonds. The standard InChI is InChI=1S/C19H30N6O9/c20-9(3-5-13(21)26)18(32)25-7-1-2-12(25)17(31)24-11(8-15(28)29)16(30)23-10(19(33)34)4-6-14(22)27/h9-12H,1-8,20H2,(H2,21,26)(H2,22,27)(H,23,30)(H,24,31)(H,28,29)(H,33,34). The van der Waals surface area contributed by atoms with Crippen molar-refractivity contribution in [2.24, 2.45) is 17.2 Å². The first-order chi connectivity index (χ1) is 15.8. The summed E-state index contributed by atoms with van der Waals surface area (Å²) >= 11 is 0. The van der Waals surface area contributed by atoms with Crippen LogP contribution in [0.1, 0.15) is 44.9 Å². The Hall–Kier alpha value is -3.75. The van der Waals surface area contributed by atoms with Crippen LogP contribution in [-0.2, 0) is 33.6 Å². The van der Waals surface area contributed by atoms with Gasteiger partial charge in [-0.05, 0) is 25.7 Å². The van der Waals surface area contributed by atoms with E-state index in [9.17, 15) is 38.7 Å². The van der Waals surface area contributed by atoms with Crippen molar-refractivity contribution in [3.05, 3.63) is 0 Å². The normalized spacial score (nSPS) is 17.8. The maximum Gasteiger partial charge on any atom is 0.326 e. The molecule has 1 heterocycles. The number of primary amides is 2. The minimum Gasteiger partial charge on any atom is -0.481 e. The number of nitrogens with one attached hydrogen (secondary N) is 2. The smallest absolute Gasteiger partial charge is 0.326 e. The Morgan fingerprint density at radius 3 is 2.03 bits per heavy atom. The van der Waals surface area contributed by atoms with Crippen molar-refractivity contribution in [2.75, 3.05) is 6.54 Å². The maximum atomic E-state index is 12.8. The molecule has 0 aromatic carbocycles. The number of nitrogens with zero attached hydrogens (tertiary/aromatic N) is 1. The molecule has 4 unspecified atom stereocenters. The van der Waals surface area contributed by atoms with Crippen molar-refractivity contribution in [1.29, 1.82) is 0 Å². The highest BCUT2D eigenvalue weighted by atomic mass is 16.4. The topological polar surface area (TPSA) is 265 Å². The number of carboxylic acid groups (broad SMARTS) is 2. The zero-order chi connectivity index (χ0) is 26.0. The van der Waals surface area contributed by atoms with Gasteiger partial charge in [-0.2, -0.15) is 0 Å². The number of aliphatic carboxylic acids is 2. The Morgan fingerprint density at radius 2 is 1.50 bits per heavy atom. The molecule has 1 aliphatic rings. The molecule has 1 aliphatic heterocycles. The van der Waals surface area contributed by atoms with Gasteiger partial charge in [-0.1, -0.05) is 0 Å². The quantitative estimate of drug-likeness (QED) is 0.126. The largest absolute Gasteiger partial charge is 0.481 e. The summed E-state index contributed by atoms with van der Waals surface area (Å²) in [7, 11) is 0. The number of carbonyl (C=O) groups is 7. The summed E-state index contributed by atoms with van der Waals surface area (Å²) in [5.41, 5.74) is 15.8. The van der Waals surface area contributed by atoms with Crippen LogP contribution in [0, 0.1) is 0 Å². The summed E-state index contributed by atoms with van der Waals surface area (Å²) < 4.78 is 0. The summed E-state index contributed by atoms with van der Waals surface area (Å²) in [6.07, 6.45) is -1.03. The number of rotatable bonds is 14. The van der Waals surface area contributed by atoms with E-state index in [0.29, 0.717) is 6.42 Å². The van der Waals surface area contributed by atoms with Gasteiger partial charge >= 0.3 is 11.9 Å². The predicted molar refractivity (Wildman–Crippen MR) is 113 cm³/mol. The van der Waals surface area contributed by atoms with E-state index < -0.39 is 72.1 Å². The predicted octanol–water partition coefficient (Wildman–Crippen LogP) is -3.64. The summed E-state index contributed by atoms with van der Waals surface area (Å²) in [5.74, 6) is -6.88. The minimum absolute atomic E-state index is 0.0229. The second kappa shape index (κ2) is 13.1. The molecule has 0 saturated carbocycles. The monoisotopic (exact) mass is 486 g/mol. The lowest BCUT2D eigenvalue weighted by Crippen LogP contribution is -2.57. The average molecular weight is 486 g/mol. The Bertz CT molecular complexity index is 833. The molecule has 0 aromatic rings. The van der Waals surface area contributed by atoms with Crippen LogP contribution in [-0.4, -0.2) is 87.3 Å². The summed E-state index contributed by atoms with van der Waals surface area (Å²) in [4.78, 5) is 83.5. The molecule has 1 fully saturated rings. The molecule has 34 heavy (non-hydrogen) atoms. The number of likely N-dealkylation sites (tertiary alicyclic amines) is 1. The van der Waals surface area contributed by atoms with Crippen LogP contribution in [0.5, 0.6) is 0 Å². The third-order valence-corrected chi connectivity index (χ3v) is 5.16. The second-order valence-electron chi connectivity index (χ2n) is 7.86. The van der Waals surface area contributed by atoms with Crippen LogP contribution in [0.3, 0.4) is 0 Å². The van der Waals surface area contributed by atoms with E-state index in [1.807, 2.05) is 0 Å². The van der Waals surface area contributed by atoms with Gasteiger partial charge in [0, 0.05) is 19.4 Å². The van der Waals surface area contributed by atoms with Gasteiger partial charge in [-0.15, -0.1) is 0 Å². The number of nitrogens with two attached hydrogens (primary N) is 3. The summed E-state index contributed by atoms with van der Waals surface area (Å²) in [6, 6.07) is -5.32. The van der Waals surface area contributed by atoms with Crippen LogP contribution >= 0.6 is 0 Å². The van der Waals surface area contributed by atoms with Crippen LogP contribution in [0.25, 0.3) is 0 Å². The van der Waals surface area contributed by atoms with Gasteiger partial charge in [0.25, 0.3) is 0 Å². The molecule has 0 aromatic heterocycles. The van der Waals surface area contributed by atoms with Crippen LogP contribution in [0.4, 0.5) is 0 Å². The molecule has 0 spiro atoms. The van der Waals surface area contributed by atoms with Crippen molar-refractivity contribution < 1.29 is 43.8 Å². The summed E-state index contributed by atoms with van der Waals surface area (Å²) in [5, 5.41) is 22.7. The first kappa shape index (κ1) is 28.3. The van der Waals surface area contributed by atoms with Crippen LogP contribution < -0.4 is 27.8 Å². The lowest BCUT2D eigenvalue weighted by molar-refractivity contribution is -0.145. The molecule has 10 N–H and O–H groups in total. The van der Waals surface area contributed by atoms with Gasteiger partial charge in [-0.25, -0.2) is 4.79 Å². The minimum atomic E-state index is -1.65. The fourth-order valence-corrected chi connectivity index (χ4v) is 3.41. The molecule has 0 radical (unpaired) electrons. The third kappa shape index (κ3) is 9.01. The number of carboxylic acids is 2. The fraction of sp³-hybridized carbons (Fsp3) is 0.632. The van der Waals surface area contributed by atoms with Crippen molar-refractivity contribution in [2.45, 2.75) is 69.1 Å². The van der Waals surface area contributed by atoms with Gasteiger partial charge in [0.05, 0.1) is 12.5 Å². The van der Waals surface area contributed by atoms with E-state index in [2.05, 4.69) is 10.6 Å². The highest BCUT2D eigenvalue weighted by molar-refractivity contribution is 5.96. The zero-order valence-electron chi connectivity index (χ0n) is 18.4. The average Bonchev–Trinajstić information content (AvgIpc) is 3.22. The molecule has 0 aliphatic carbocycles. The van der Waals surface area contributed by atoms with Gasteiger partial charge in [0.2, 0.25) is 29.5 Å². The van der Waals surface area contributed by atoms with Gasteiger partial charge in [0.1, 0.15) is 18.1 Å². The molecule has 1 saturated heterocycles. The van der Waals surface area contributed by atoms with E-state index in [0.717, 1.165) is 0 Å². The van der Waals surface area contributed by atoms with Crippen LogP contribution in [0.2, 0.25) is 0 Å². The Balaban J connectivity index is 2.90. The number of carbonyl (C=O) groups excluding carboxylic acids is 5. The van der Waals surface area contributed by atoms with Crippen molar-refractivity contribution in [3.63, 3.8) is 0 Å². The Kier molecular flexibility index (Phi) is 10.9. The molecule has 0 bridgehead atoms. The highest BCUT2D eigenvalue weighted by Gasteiger charge is 2.38. The molecular weight excluding hydrogens is 456 g/mol. The van der Waals surface area contributed by atoms with Gasteiger partial charge in [-0.3, -0.25) is 28.8 Å². The van der Waals surface area contributed by atoms with Crippen molar-refractivity contribution >= 4 is 41.5 Å². The Labute approximate surface area is 194 Å². The molecule has 190 valence electrons. The van der Waals surface area contributed by atoms with Gasteiger partial charge in [0.15, 0.2) is 0 Å². The van der Waals surface area contributed by atoms with E-state index in [1.165, 1.54) is 4.90 Å². The Morgan fingerprint density at radius 1 is 0.912 bits per heavy atom. The zero-order valence-corrected chi connectivity index (χ0v) is 18.4. The number of hydrogen-bond acceptors (Lipinski definition) is 8. The van der Waals surface area contributed by atoms with E-state index in [4.69, 9.17) is 22.3 Å². The molecule has 15 heteroatoms.